The standard InChI is InChI=1S/C16H23N4O4P/c21-15(18-23-9-8-17-25)14-7-6-13-10-19(14)16(22)20(13)24-11-12-4-2-1-3-5-12/h1-5,13-14,17H,6-11,25H2,(H,18,21)/p+1. The molecule has 0 saturated carbocycles. The van der Waals surface area contributed by atoms with Gasteiger partial charge in [-0.1, -0.05) is 30.3 Å². The van der Waals surface area contributed by atoms with Crippen molar-refractivity contribution < 1.29 is 19.3 Å². The molecule has 2 N–H and O–H groups in total. The van der Waals surface area contributed by atoms with Crippen molar-refractivity contribution in [1.29, 1.82) is 0 Å². The van der Waals surface area contributed by atoms with Gasteiger partial charge in [0.25, 0.3) is 5.91 Å². The van der Waals surface area contributed by atoms with Gasteiger partial charge in [-0.25, -0.2) is 10.3 Å². The largest absolute Gasteiger partial charge is 0.345 e. The Morgan fingerprint density at radius 2 is 2.08 bits per heavy atom. The van der Waals surface area contributed by atoms with Crippen LogP contribution in [0.3, 0.4) is 0 Å². The fourth-order valence-electron chi connectivity index (χ4n) is 3.10. The lowest BCUT2D eigenvalue weighted by atomic mass is 10.0. The molecule has 0 radical (unpaired) electrons. The Morgan fingerprint density at radius 3 is 2.84 bits per heavy atom. The van der Waals surface area contributed by atoms with Crippen LogP contribution in [0.15, 0.2) is 30.3 Å². The Bertz CT molecular complexity index is 603. The maximum absolute atomic E-state index is 12.6. The number of carbonyl (C=O) groups excluding carboxylic acids is 2. The van der Waals surface area contributed by atoms with Crippen LogP contribution in [0.1, 0.15) is 18.4 Å². The molecule has 9 heteroatoms. The van der Waals surface area contributed by atoms with Gasteiger partial charge in [-0.3, -0.25) is 14.5 Å². The van der Waals surface area contributed by atoms with Crippen LogP contribution in [-0.2, 0) is 21.1 Å². The van der Waals surface area contributed by atoms with E-state index in [1.54, 1.807) is 14.3 Å². The molecule has 2 heterocycles. The molecule has 2 aliphatic rings. The van der Waals surface area contributed by atoms with Crippen molar-refractivity contribution in [3.05, 3.63) is 35.9 Å². The fourth-order valence-corrected chi connectivity index (χ4v) is 3.25. The average molecular weight is 367 g/mol. The molecule has 0 spiro atoms. The number of benzene rings is 1. The van der Waals surface area contributed by atoms with Gasteiger partial charge in [0.1, 0.15) is 12.6 Å². The molecule has 3 rings (SSSR count). The van der Waals surface area contributed by atoms with Crippen LogP contribution in [-0.4, -0.2) is 53.7 Å². The quantitative estimate of drug-likeness (QED) is 0.398. The first-order chi connectivity index (χ1) is 12.2. The van der Waals surface area contributed by atoms with E-state index in [2.05, 4.69) is 10.6 Å². The summed E-state index contributed by atoms with van der Waals surface area (Å²) in [5.41, 5.74) is 3.43. The zero-order chi connectivity index (χ0) is 17.6. The third-order valence-electron chi connectivity index (χ3n) is 4.39. The summed E-state index contributed by atoms with van der Waals surface area (Å²) in [6.45, 7) is 1.87. The molecular weight excluding hydrogens is 343 g/mol. The number of hydroxylamine groups is 3. The van der Waals surface area contributed by atoms with Crippen molar-refractivity contribution in [3.8, 4) is 0 Å². The van der Waals surface area contributed by atoms with Crippen molar-refractivity contribution in [3.63, 3.8) is 0 Å². The number of amides is 3. The molecule has 0 aliphatic carbocycles. The van der Waals surface area contributed by atoms with E-state index in [0.717, 1.165) is 12.0 Å². The number of nitrogens with zero attached hydrogens (tertiary/aromatic N) is 2. The summed E-state index contributed by atoms with van der Waals surface area (Å²) in [5.74, 6) is -0.282. The first kappa shape index (κ1) is 18.1. The zero-order valence-corrected chi connectivity index (χ0v) is 15.4. The van der Waals surface area contributed by atoms with Crippen LogP contribution in [0.4, 0.5) is 4.79 Å². The molecule has 2 aliphatic heterocycles. The highest BCUT2D eigenvalue weighted by atomic mass is 31.0. The molecule has 1 aromatic carbocycles. The minimum Gasteiger partial charge on any atom is -0.309 e. The predicted octanol–water partition coefficient (Wildman–Crippen LogP) is 0.547. The Morgan fingerprint density at radius 1 is 1.28 bits per heavy atom. The average Bonchev–Trinajstić information content (AvgIpc) is 2.88. The summed E-state index contributed by atoms with van der Waals surface area (Å²) in [6, 6.07) is 8.93. The normalized spacial score (nSPS) is 22.5. The van der Waals surface area contributed by atoms with Crippen LogP contribution in [0.5, 0.6) is 0 Å². The summed E-state index contributed by atoms with van der Waals surface area (Å²) in [5, 5.41) is 4.37. The van der Waals surface area contributed by atoms with Crippen LogP contribution in [0.25, 0.3) is 0 Å². The number of fused-ring (bicyclic) bond motifs is 2. The van der Waals surface area contributed by atoms with Crippen LogP contribution in [0, 0.1) is 0 Å². The highest BCUT2D eigenvalue weighted by Crippen LogP contribution is 2.30. The number of piperidine rings is 1. The van der Waals surface area contributed by atoms with Gasteiger partial charge in [-0.05, 0) is 18.4 Å². The van der Waals surface area contributed by atoms with Crippen LogP contribution in [0.2, 0.25) is 0 Å². The smallest absolute Gasteiger partial charge is 0.309 e. The van der Waals surface area contributed by atoms with Crippen molar-refractivity contribution in [1.82, 2.24) is 20.5 Å². The van der Waals surface area contributed by atoms with Gasteiger partial charge < -0.3 is 4.90 Å². The van der Waals surface area contributed by atoms with E-state index >= 15 is 0 Å². The summed E-state index contributed by atoms with van der Waals surface area (Å²) in [4.78, 5) is 37.3. The number of carbonyl (C=O) groups is 2. The van der Waals surface area contributed by atoms with Crippen molar-refractivity contribution in [2.24, 2.45) is 0 Å². The van der Waals surface area contributed by atoms with Crippen LogP contribution >= 0.6 is 9.39 Å². The third-order valence-corrected chi connectivity index (χ3v) is 4.75. The lowest BCUT2D eigenvalue weighted by Gasteiger charge is -2.28. The van der Waals surface area contributed by atoms with Gasteiger partial charge in [0, 0.05) is 15.9 Å². The lowest BCUT2D eigenvalue weighted by Crippen LogP contribution is -2.49. The molecule has 0 aromatic heterocycles. The maximum atomic E-state index is 12.6. The number of hydrogen-bond acceptors (Lipinski definition) is 5. The van der Waals surface area contributed by atoms with Crippen molar-refractivity contribution >= 4 is 21.3 Å². The summed E-state index contributed by atoms with van der Waals surface area (Å²) in [6.07, 6.45) is 1.33. The van der Waals surface area contributed by atoms with E-state index < -0.39 is 6.04 Å². The summed E-state index contributed by atoms with van der Waals surface area (Å²) >= 11 is 0. The molecule has 25 heavy (non-hydrogen) atoms. The van der Waals surface area contributed by atoms with Gasteiger partial charge in [-0.15, -0.1) is 0 Å². The van der Waals surface area contributed by atoms with Crippen molar-refractivity contribution in [2.45, 2.75) is 31.5 Å². The van der Waals surface area contributed by atoms with Crippen molar-refractivity contribution in [2.75, 3.05) is 19.7 Å². The SMILES string of the molecule is O=C(NOCCN[PH3+])C1CCC2CN1C(=O)N2OCc1ccccc1. The fraction of sp³-hybridized carbons (Fsp3) is 0.500. The molecule has 136 valence electrons. The zero-order valence-electron chi connectivity index (χ0n) is 14.0. The minimum atomic E-state index is -0.509. The highest BCUT2D eigenvalue weighted by molar-refractivity contribution is 7.13. The van der Waals surface area contributed by atoms with Crippen LogP contribution < -0.4 is 10.6 Å². The Balaban J connectivity index is 1.54. The van der Waals surface area contributed by atoms with E-state index in [-0.39, 0.29) is 18.0 Å². The maximum Gasteiger partial charge on any atom is 0.345 e. The molecule has 3 atom stereocenters. The first-order valence-electron chi connectivity index (χ1n) is 8.39. The second-order valence-electron chi connectivity index (χ2n) is 6.08. The Labute approximate surface area is 149 Å². The molecule has 2 bridgehead atoms. The molecule has 8 nitrogen and oxygen atoms in total. The van der Waals surface area contributed by atoms with E-state index in [1.165, 1.54) is 5.06 Å². The van der Waals surface area contributed by atoms with Gasteiger partial charge in [0.05, 0.1) is 19.2 Å². The van der Waals surface area contributed by atoms with Gasteiger partial charge >= 0.3 is 6.03 Å². The molecule has 2 saturated heterocycles. The Kier molecular flexibility index (Phi) is 6.20. The van der Waals surface area contributed by atoms with E-state index in [9.17, 15) is 9.59 Å². The molecule has 1 aromatic rings. The first-order valence-corrected chi connectivity index (χ1v) is 9.09. The second kappa shape index (κ2) is 8.58. The topological polar surface area (TPSA) is 83.1 Å². The number of hydrogen-bond donors (Lipinski definition) is 2. The number of urea groups is 1. The molecule has 3 amide bonds. The van der Waals surface area contributed by atoms with Gasteiger partial charge in [0.2, 0.25) is 0 Å². The van der Waals surface area contributed by atoms with E-state index in [0.29, 0.717) is 32.7 Å². The van der Waals surface area contributed by atoms with E-state index in [1.807, 2.05) is 30.3 Å². The van der Waals surface area contributed by atoms with E-state index in [4.69, 9.17) is 9.68 Å². The molecule has 3 unspecified atom stereocenters. The number of nitrogens with one attached hydrogen (secondary N) is 2. The van der Waals surface area contributed by atoms with Gasteiger partial charge in [-0.2, -0.15) is 10.2 Å². The second-order valence-corrected chi connectivity index (χ2v) is 6.58. The lowest BCUT2D eigenvalue weighted by molar-refractivity contribution is -0.141. The summed E-state index contributed by atoms with van der Waals surface area (Å²) in [7, 11) is 1.62. The molecular formula is C16H24N4O4P+. The summed E-state index contributed by atoms with van der Waals surface area (Å²) < 4.78 is 0. The monoisotopic (exact) mass is 367 g/mol. The highest BCUT2D eigenvalue weighted by Gasteiger charge is 2.47. The van der Waals surface area contributed by atoms with Gasteiger partial charge in [0.15, 0.2) is 0 Å². The Hall–Kier alpha value is -1.73. The predicted molar refractivity (Wildman–Crippen MR) is 95.2 cm³/mol. The number of rotatable bonds is 8. The third kappa shape index (κ3) is 4.27. The minimum absolute atomic E-state index is 0.00790. The molecule has 2 fully saturated rings.